The highest BCUT2D eigenvalue weighted by Gasteiger charge is 2.28. The number of rotatable bonds is 7. The summed E-state index contributed by atoms with van der Waals surface area (Å²) in [5, 5.41) is 10.1. The summed E-state index contributed by atoms with van der Waals surface area (Å²) in [5.41, 5.74) is 5.38. The zero-order chi connectivity index (χ0) is 22.7. The van der Waals surface area contributed by atoms with Gasteiger partial charge < -0.3 is 10.6 Å². The number of hydrogen-bond acceptors (Lipinski definition) is 4. The Labute approximate surface area is 186 Å². The smallest absolute Gasteiger partial charge is 0.324 e. The van der Waals surface area contributed by atoms with Crippen molar-refractivity contribution in [1.82, 2.24) is 25.3 Å². The molecule has 8 heteroatoms. The third-order valence-electron chi connectivity index (χ3n) is 5.63. The minimum Gasteiger partial charge on any atom is -0.348 e. The van der Waals surface area contributed by atoms with Crippen LogP contribution in [0.25, 0.3) is 0 Å². The number of hydrogen-bond donors (Lipinski definition) is 2. The van der Waals surface area contributed by atoms with Gasteiger partial charge in [0, 0.05) is 23.4 Å². The quantitative estimate of drug-likeness (QED) is 0.562. The van der Waals surface area contributed by atoms with E-state index in [-0.39, 0.29) is 24.9 Å². The molecule has 8 nitrogen and oxygen atoms in total. The molecule has 1 aromatic heterocycles. The molecule has 32 heavy (non-hydrogen) atoms. The predicted octanol–water partition coefficient (Wildman–Crippen LogP) is 2.53. The first-order chi connectivity index (χ1) is 15.4. The molecule has 0 unspecified atom stereocenters. The summed E-state index contributed by atoms with van der Waals surface area (Å²) in [6.07, 6.45) is 0. The van der Waals surface area contributed by atoms with Crippen LogP contribution in [0.1, 0.15) is 38.4 Å². The first-order valence-electron chi connectivity index (χ1n) is 10.4. The van der Waals surface area contributed by atoms with Crippen LogP contribution in [0, 0.1) is 13.8 Å². The molecular formula is C24H25N5O3. The lowest BCUT2D eigenvalue weighted by atomic mass is 10.1. The van der Waals surface area contributed by atoms with Crippen molar-refractivity contribution in [2.24, 2.45) is 0 Å². The molecule has 0 aliphatic carbocycles. The van der Waals surface area contributed by atoms with Gasteiger partial charge in [-0.15, -0.1) is 0 Å². The Bertz CT molecular complexity index is 1140. The van der Waals surface area contributed by atoms with Crippen LogP contribution in [-0.4, -0.2) is 39.1 Å². The van der Waals surface area contributed by atoms with Crippen molar-refractivity contribution in [2.75, 3.05) is 6.54 Å². The van der Waals surface area contributed by atoms with Crippen LogP contribution < -0.4 is 10.6 Å². The van der Waals surface area contributed by atoms with Gasteiger partial charge in [-0.25, -0.2) is 4.79 Å². The van der Waals surface area contributed by atoms with E-state index >= 15 is 0 Å². The minimum absolute atomic E-state index is 0.0279. The second-order valence-electron chi connectivity index (χ2n) is 7.81. The lowest BCUT2D eigenvalue weighted by Crippen LogP contribution is -2.30. The molecular weight excluding hydrogens is 406 g/mol. The maximum atomic E-state index is 12.6. The molecule has 1 saturated heterocycles. The first-order valence-corrected chi connectivity index (χ1v) is 10.4. The van der Waals surface area contributed by atoms with E-state index < -0.39 is 6.03 Å². The van der Waals surface area contributed by atoms with Gasteiger partial charge in [-0.05, 0) is 37.1 Å². The van der Waals surface area contributed by atoms with Crippen LogP contribution in [0.4, 0.5) is 4.79 Å². The molecule has 2 N–H and O–H groups in total. The number of imide groups is 1. The number of urea groups is 1. The van der Waals surface area contributed by atoms with Crippen molar-refractivity contribution in [3.05, 3.63) is 88.2 Å². The lowest BCUT2D eigenvalue weighted by Gasteiger charge is -2.12. The first kappa shape index (κ1) is 21.3. The van der Waals surface area contributed by atoms with Gasteiger partial charge in [-0.2, -0.15) is 5.10 Å². The van der Waals surface area contributed by atoms with Crippen molar-refractivity contribution in [3.63, 3.8) is 0 Å². The van der Waals surface area contributed by atoms with Crippen LogP contribution in [0.15, 0.2) is 54.6 Å². The normalized spacial score (nSPS) is 13.4. The molecule has 0 bridgehead atoms. The SMILES string of the molecule is Cc1nn(Cc2ccccc2)c(C)c1CNC(=O)c1ccc(CN2C(=O)CNC2=O)cc1. The second kappa shape index (κ2) is 9.05. The summed E-state index contributed by atoms with van der Waals surface area (Å²) in [7, 11) is 0. The Balaban J connectivity index is 1.37. The van der Waals surface area contributed by atoms with Gasteiger partial charge in [0.15, 0.2) is 0 Å². The van der Waals surface area contributed by atoms with Crippen molar-refractivity contribution in [1.29, 1.82) is 0 Å². The molecule has 3 aromatic rings. The zero-order valence-corrected chi connectivity index (χ0v) is 18.1. The third kappa shape index (κ3) is 4.54. The molecule has 2 aromatic carbocycles. The lowest BCUT2D eigenvalue weighted by molar-refractivity contribution is -0.125. The number of carbonyl (C=O) groups is 3. The highest BCUT2D eigenvalue weighted by Crippen LogP contribution is 2.15. The van der Waals surface area contributed by atoms with E-state index in [4.69, 9.17) is 0 Å². The summed E-state index contributed by atoms with van der Waals surface area (Å²) in [5.74, 6) is -0.448. The van der Waals surface area contributed by atoms with E-state index in [9.17, 15) is 14.4 Å². The fourth-order valence-corrected chi connectivity index (χ4v) is 3.73. The van der Waals surface area contributed by atoms with E-state index in [0.29, 0.717) is 18.7 Å². The van der Waals surface area contributed by atoms with E-state index in [0.717, 1.165) is 27.4 Å². The Kier molecular flexibility index (Phi) is 6.02. The van der Waals surface area contributed by atoms with Gasteiger partial charge in [0.2, 0.25) is 5.91 Å². The van der Waals surface area contributed by atoms with Gasteiger partial charge in [-0.3, -0.25) is 19.2 Å². The molecule has 0 radical (unpaired) electrons. The van der Waals surface area contributed by atoms with Gasteiger partial charge in [0.05, 0.1) is 25.3 Å². The van der Waals surface area contributed by atoms with E-state index in [1.54, 1.807) is 24.3 Å². The molecule has 164 valence electrons. The van der Waals surface area contributed by atoms with Crippen molar-refractivity contribution in [2.45, 2.75) is 33.5 Å². The summed E-state index contributed by atoms with van der Waals surface area (Å²) >= 11 is 0. The maximum Gasteiger partial charge on any atom is 0.324 e. The van der Waals surface area contributed by atoms with Crippen LogP contribution in [0.3, 0.4) is 0 Å². The summed E-state index contributed by atoms with van der Waals surface area (Å²) in [6.45, 7) is 5.23. The monoisotopic (exact) mass is 431 g/mol. The average molecular weight is 431 g/mol. The highest BCUT2D eigenvalue weighted by atomic mass is 16.2. The van der Waals surface area contributed by atoms with Crippen molar-refractivity contribution >= 4 is 17.8 Å². The molecule has 0 saturated carbocycles. The van der Waals surface area contributed by atoms with Crippen LogP contribution in [0.5, 0.6) is 0 Å². The average Bonchev–Trinajstić information content (AvgIpc) is 3.25. The fraction of sp³-hybridized carbons (Fsp3) is 0.250. The number of aryl methyl sites for hydroxylation is 1. The van der Waals surface area contributed by atoms with Crippen molar-refractivity contribution in [3.8, 4) is 0 Å². The molecule has 1 aliphatic rings. The number of nitrogens with zero attached hydrogens (tertiary/aromatic N) is 3. The van der Waals surface area contributed by atoms with Gasteiger partial charge >= 0.3 is 6.03 Å². The summed E-state index contributed by atoms with van der Waals surface area (Å²) in [6, 6.07) is 16.6. The molecule has 4 amide bonds. The fourth-order valence-electron chi connectivity index (χ4n) is 3.73. The Hall–Kier alpha value is -3.94. The van der Waals surface area contributed by atoms with Gasteiger partial charge in [-0.1, -0.05) is 42.5 Å². The number of aromatic nitrogens is 2. The molecule has 2 heterocycles. The molecule has 1 fully saturated rings. The van der Waals surface area contributed by atoms with Crippen LogP contribution in [-0.2, 0) is 24.4 Å². The van der Waals surface area contributed by atoms with E-state index in [1.807, 2.05) is 36.7 Å². The van der Waals surface area contributed by atoms with Gasteiger partial charge in [0.25, 0.3) is 5.91 Å². The predicted molar refractivity (Wildman–Crippen MR) is 119 cm³/mol. The largest absolute Gasteiger partial charge is 0.348 e. The molecule has 4 rings (SSSR count). The zero-order valence-electron chi connectivity index (χ0n) is 18.1. The topological polar surface area (TPSA) is 96.3 Å². The summed E-state index contributed by atoms with van der Waals surface area (Å²) < 4.78 is 1.96. The Morgan fingerprint density at radius 1 is 1.00 bits per heavy atom. The summed E-state index contributed by atoms with van der Waals surface area (Å²) in [4.78, 5) is 37.2. The highest BCUT2D eigenvalue weighted by molar-refractivity contribution is 6.01. The van der Waals surface area contributed by atoms with Gasteiger partial charge in [0.1, 0.15) is 0 Å². The molecule has 1 aliphatic heterocycles. The maximum absolute atomic E-state index is 12.6. The molecule has 0 spiro atoms. The minimum atomic E-state index is -0.393. The molecule has 0 atom stereocenters. The van der Waals surface area contributed by atoms with E-state index in [2.05, 4.69) is 27.9 Å². The van der Waals surface area contributed by atoms with Crippen LogP contribution in [0.2, 0.25) is 0 Å². The van der Waals surface area contributed by atoms with Crippen LogP contribution >= 0.6 is 0 Å². The number of carbonyl (C=O) groups excluding carboxylic acids is 3. The number of benzene rings is 2. The second-order valence-corrected chi connectivity index (χ2v) is 7.81. The third-order valence-corrected chi connectivity index (χ3v) is 5.63. The standard InChI is InChI=1S/C24H25N5O3/c1-16-21(17(2)29(27-16)15-18-6-4-3-5-7-18)12-25-23(31)20-10-8-19(9-11-20)14-28-22(30)13-26-24(28)32/h3-11H,12-15H2,1-2H3,(H,25,31)(H,26,32). The number of amides is 4. The Morgan fingerprint density at radius 3 is 2.34 bits per heavy atom. The van der Waals surface area contributed by atoms with Crippen molar-refractivity contribution < 1.29 is 14.4 Å². The Morgan fingerprint density at radius 2 is 1.69 bits per heavy atom. The van der Waals surface area contributed by atoms with E-state index in [1.165, 1.54) is 5.56 Å². The number of nitrogens with one attached hydrogen (secondary N) is 2.